The van der Waals surface area contributed by atoms with Crippen molar-refractivity contribution < 1.29 is 9.53 Å². The van der Waals surface area contributed by atoms with Crippen LogP contribution in [0.5, 0.6) is 5.75 Å². The molecule has 3 rings (SSSR count). The fraction of sp³-hybridized carbons (Fsp3) is 0.143. The Morgan fingerprint density at radius 3 is 2.59 bits per heavy atom. The first-order valence-electron chi connectivity index (χ1n) is 8.60. The predicted octanol–water partition coefficient (Wildman–Crippen LogP) is 5.52. The van der Waals surface area contributed by atoms with Crippen molar-refractivity contribution in [2.24, 2.45) is 0 Å². The smallest absolute Gasteiger partial charge is 0.257 e. The van der Waals surface area contributed by atoms with E-state index >= 15 is 0 Å². The number of ether oxygens (including phenoxy) is 1. The molecule has 0 saturated heterocycles. The number of hydrogen-bond donors (Lipinski definition) is 2. The molecule has 6 heteroatoms. The van der Waals surface area contributed by atoms with E-state index in [2.05, 4.69) is 26.6 Å². The number of anilines is 1. The maximum Gasteiger partial charge on any atom is 0.257 e. The van der Waals surface area contributed by atoms with Gasteiger partial charge < -0.3 is 10.1 Å². The zero-order valence-electron chi connectivity index (χ0n) is 14.8. The highest BCUT2D eigenvalue weighted by Gasteiger charge is 2.11. The summed E-state index contributed by atoms with van der Waals surface area (Å²) in [6, 6.07) is 19.2. The number of halogens is 1. The van der Waals surface area contributed by atoms with Crippen molar-refractivity contribution in [1.82, 2.24) is 5.32 Å². The van der Waals surface area contributed by atoms with Crippen LogP contribution in [0.4, 0.5) is 5.69 Å². The van der Waals surface area contributed by atoms with E-state index in [1.807, 2.05) is 49.4 Å². The molecule has 0 aliphatic heterocycles. The summed E-state index contributed by atoms with van der Waals surface area (Å²) < 4.78 is 6.33. The second-order valence-electron chi connectivity index (χ2n) is 5.96. The van der Waals surface area contributed by atoms with Crippen LogP contribution in [0.3, 0.4) is 0 Å². The molecule has 3 aromatic rings. The summed E-state index contributed by atoms with van der Waals surface area (Å²) in [5.41, 5.74) is 1.32. The van der Waals surface area contributed by atoms with E-state index in [-0.39, 0.29) is 11.0 Å². The Morgan fingerprint density at radius 1 is 1.07 bits per heavy atom. The monoisotopic (exact) mass is 442 g/mol. The average molecular weight is 443 g/mol. The van der Waals surface area contributed by atoms with Gasteiger partial charge in [0.15, 0.2) is 5.11 Å². The van der Waals surface area contributed by atoms with Crippen LogP contribution in [-0.4, -0.2) is 17.6 Å². The molecule has 0 aliphatic carbocycles. The third-order valence-electron chi connectivity index (χ3n) is 3.89. The standard InChI is InChI=1S/C21H19BrN2O2S/c1-2-11-26-19-10-8-16(13-18(19)22)20(25)24-21(27)23-17-9-7-14-5-3-4-6-15(14)12-17/h3-10,12-13H,2,11H2,1H3,(H2,23,24,25,27). The molecule has 27 heavy (non-hydrogen) atoms. The first kappa shape index (κ1) is 19.3. The fourth-order valence-corrected chi connectivity index (χ4v) is 3.28. The van der Waals surface area contributed by atoms with Gasteiger partial charge in [0.2, 0.25) is 0 Å². The lowest BCUT2D eigenvalue weighted by Crippen LogP contribution is -2.34. The second-order valence-corrected chi connectivity index (χ2v) is 7.23. The molecule has 3 aromatic carbocycles. The third kappa shape index (κ3) is 5.05. The van der Waals surface area contributed by atoms with Crippen LogP contribution in [0.25, 0.3) is 10.8 Å². The van der Waals surface area contributed by atoms with Crippen LogP contribution >= 0.6 is 28.1 Å². The number of rotatable bonds is 5. The Labute approximate surface area is 172 Å². The van der Waals surface area contributed by atoms with Gasteiger partial charge >= 0.3 is 0 Å². The van der Waals surface area contributed by atoms with Crippen LogP contribution in [0, 0.1) is 0 Å². The lowest BCUT2D eigenvalue weighted by atomic mass is 10.1. The number of thiocarbonyl (C=S) groups is 1. The highest BCUT2D eigenvalue weighted by molar-refractivity contribution is 9.10. The van der Waals surface area contributed by atoms with Crippen LogP contribution < -0.4 is 15.4 Å². The van der Waals surface area contributed by atoms with Gasteiger partial charge in [-0.1, -0.05) is 37.3 Å². The van der Waals surface area contributed by atoms with E-state index < -0.39 is 0 Å². The molecule has 4 nitrogen and oxygen atoms in total. The lowest BCUT2D eigenvalue weighted by molar-refractivity contribution is 0.0977. The van der Waals surface area contributed by atoms with E-state index in [9.17, 15) is 4.79 Å². The SMILES string of the molecule is CCCOc1ccc(C(=O)NC(=S)Nc2ccc3ccccc3c2)cc1Br. The number of benzene rings is 3. The molecule has 2 N–H and O–H groups in total. The van der Waals surface area contributed by atoms with Crippen molar-refractivity contribution >= 4 is 55.6 Å². The van der Waals surface area contributed by atoms with Crippen LogP contribution in [0.15, 0.2) is 65.1 Å². The first-order chi connectivity index (χ1) is 13.1. The minimum Gasteiger partial charge on any atom is -0.492 e. The topological polar surface area (TPSA) is 50.4 Å². The maximum absolute atomic E-state index is 12.4. The van der Waals surface area contributed by atoms with Crippen molar-refractivity contribution in [3.8, 4) is 5.75 Å². The molecule has 0 saturated carbocycles. The number of amides is 1. The molecule has 0 bridgehead atoms. The molecule has 1 amide bonds. The molecule has 0 fully saturated rings. The van der Waals surface area contributed by atoms with Gasteiger partial charge in [0.1, 0.15) is 5.75 Å². The van der Waals surface area contributed by atoms with Gasteiger partial charge in [-0.3, -0.25) is 10.1 Å². The summed E-state index contributed by atoms with van der Waals surface area (Å²) in [4.78, 5) is 12.4. The zero-order valence-corrected chi connectivity index (χ0v) is 17.2. The molecule has 0 heterocycles. The van der Waals surface area contributed by atoms with Gasteiger partial charge in [-0.25, -0.2) is 0 Å². The number of hydrogen-bond acceptors (Lipinski definition) is 3. The van der Waals surface area contributed by atoms with Crippen molar-refractivity contribution in [3.05, 3.63) is 70.7 Å². The molecule has 0 radical (unpaired) electrons. The predicted molar refractivity (Wildman–Crippen MR) is 118 cm³/mol. The molecule has 0 aliphatic rings. The molecule has 0 unspecified atom stereocenters. The number of fused-ring (bicyclic) bond motifs is 1. The molecule has 138 valence electrons. The van der Waals surface area contributed by atoms with E-state index in [0.29, 0.717) is 17.9 Å². The van der Waals surface area contributed by atoms with Crippen LogP contribution in [0.1, 0.15) is 23.7 Å². The number of carbonyl (C=O) groups excluding carboxylic acids is 1. The van der Waals surface area contributed by atoms with Gasteiger partial charge in [-0.15, -0.1) is 0 Å². The molecule has 0 spiro atoms. The van der Waals surface area contributed by atoms with E-state index in [1.54, 1.807) is 18.2 Å². The van der Waals surface area contributed by atoms with E-state index in [1.165, 1.54) is 0 Å². The highest BCUT2D eigenvalue weighted by atomic mass is 79.9. The van der Waals surface area contributed by atoms with Crippen LogP contribution in [-0.2, 0) is 0 Å². The maximum atomic E-state index is 12.4. The second kappa shape index (κ2) is 8.97. The first-order valence-corrected chi connectivity index (χ1v) is 9.80. The van der Waals surface area contributed by atoms with Gasteiger partial charge in [-0.2, -0.15) is 0 Å². The Bertz CT molecular complexity index is 991. The Balaban J connectivity index is 1.64. The molecule has 0 aromatic heterocycles. The normalized spacial score (nSPS) is 10.4. The summed E-state index contributed by atoms with van der Waals surface area (Å²) in [5, 5.41) is 8.25. The molecule has 0 atom stereocenters. The van der Waals surface area contributed by atoms with Crippen molar-refractivity contribution in [3.63, 3.8) is 0 Å². The number of nitrogens with one attached hydrogen (secondary N) is 2. The van der Waals surface area contributed by atoms with Gasteiger partial charge in [0, 0.05) is 11.3 Å². The highest BCUT2D eigenvalue weighted by Crippen LogP contribution is 2.26. The summed E-state index contributed by atoms with van der Waals surface area (Å²) in [7, 11) is 0. The molecular formula is C21H19BrN2O2S. The minimum absolute atomic E-state index is 0.248. The summed E-state index contributed by atoms with van der Waals surface area (Å²) in [5.74, 6) is 0.432. The Kier molecular flexibility index (Phi) is 6.42. The van der Waals surface area contributed by atoms with Gasteiger partial charge in [-0.05, 0) is 75.7 Å². The largest absolute Gasteiger partial charge is 0.492 e. The average Bonchev–Trinajstić information content (AvgIpc) is 2.66. The zero-order chi connectivity index (χ0) is 19.2. The van der Waals surface area contributed by atoms with Crippen molar-refractivity contribution in [2.75, 3.05) is 11.9 Å². The van der Waals surface area contributed by atoms with Crippen LogP contribution in [0.2, 0.25) is 0 Å². The quantitative estimate of drug-likeness (QED) is 0.510. The third-order valence-corrected chi connectivity index (χ3v) is 4.71. The Hall–Kier alpha value is -2.44. The van der Waals surface area contributed by atoms with Crippen molar-refractivity contribution in [2.45, 2.75) is 13.3 Å². The number of carbonyl (C=O) groups is 1. The summed E-state index contributed by atoms with van der Waals surface area (Å²) >= 11 is 8.71. The van der Waals surface area contributed by atoms with Gasteiger partial charge in [0.25, 0.3) is 5.91 Å². The van der Waals surface area contributed by atoms with Gasteiger partial charge in [0.05, 0.1) is 11.1 Å². The van der Waals surface area contributed by atoms with E-state index in [0.717, 1.165) is 27.4 Å². The van der Waals surface area contributed by atoms with E-state index in [4.69, 9.17) is 17.0 Å². The Morgan fingerprint density at radius 2 is 1.85 bits per heavy atom. The summed E-state index contributed by atoms with van der Waals surface area (Å²) in [6.45, 7) is 2.67. The minimum atomic E-state index is -0.281. The molecular weight excluding hydrogens is 424 g/mol. The van der Waals surface area contributed by atoms with Crippen molar-refractivity contribution in [1.29, 1.82) is 0 Å². The lowest BCUT2D eigenvalue weighted by Gasteiger charge is -2.12. The summed E-state index contributed by atoms with van der Waals surface area (Å²) in [6.07, 6.45) is 0.920. The fourth-order valence-electron chi connectivity index (χ4n) is 2.58.